The Morgan fingerprint density at radius 3 is 3.00 bits per heavy atom. The highest BCUT2D eigenvalue weighted by Crippen LogP contribution is 2.38. The van der Waals surface area contributed by atoms with Crippen molar-refractivity contribution >= 4 is 11.6 Å². The van der Waals surface area contributed by atoms with E-state index in [1.54, 1.807) is 0 Å². The quantitative estimate of drug-likeness (QED) is 0.721. The van der Waals surface area contributed by atoms with Gasteiger partial charge in [0, 0.05) is 0 Å². The molecule has 1 aliphatic heterocycles. The zero-order valence-electron chi connectivity index (χ0n) is 7.66. The predicted molar refractivity (Wildman–Crippen MR) is 53.6 cm³/mol. The van der Waals surface area contributed by atoms with E-state index < -0.39 is 0 Å². The van der Waals surface area contributed by atoms with Crippen molar-refractivity contribution in [3.05, 3.63) is 18.2 Å². The largest absolute Gasteiger partial charge is 0.488 e. The van der Waals surface area contributed by atoms with Gasteiger partial charge in [0.15, 0.2) is 11.5 Å². The van der Waals surface area contributed by atoms with Gasteiger partial charge in [-0.1, -0.05) is 6.07 Å². The Morgan fingerprint density at radius 2 is 2.14 bits per heavy atom. The van der Waals surface area contributed by atoms with E-state index in [-0.39, 0.29) is 0 Å². The molecular weight excluding hydrogens is 204 g/mol. The van der Waals surface area contributed by atoms with Crippen molar-refractivity contribution in [1.82, 2.24) is 0 Å². The third-order valence-electron chi connectivity index (χ3n) is 1.86. The van der Waals surface area contributed by atoms with Gasteiger partial charge in [0.2, 0.25) is 5.75 Å². The lowest BCUT2D eigenvalue weighted by molar-refractivity contribution is 0.163. The third-order valence-corrected chi connectivity index (χ3v) is 2.02. The van der Waals surface area contributed by atoms with Gasteiger partial charge < -0.3 is 14.2 Å². The summed E-state index contributed by atoms with van der Waals surface area (Å²) in [5.41, 5.74) is 0. The molecule has 0 saturated carbocycles. The Morgan fingerprint density at radius 1 is 1.29 bits per heavy atom. The van der Waals surface area contributed by atoms with Gasteiger partial charge >= 0.3 is 0 Å². The van der Waals surface area contributed by atoms with Crippen LogP contribution in [0.1, 0.15) is 0 Å². The number of benzene rings is 1. The molecule has 0 saturated heterocycles. The SMILES string of the molecule is ClCCOc1cccc2c1OCCO2. The van der Waals surface area contributed by atoms with Crippen LogP contribution in [0.2, 0.25) is 0 Å². The van der Waals surface area contributed by atoms with Crippen molar-refractivity contribution in [2.45, 2.75) is 0 Å². The Labute approximate surface area is 87.5 Å². The molecule has 0 aliphatic carbocycles. The molecule has 0 N–H and O–H groups in total. The average molecular weight is 215 g/mol. The minimum Gasteiger partial charge on any atom is -0.488 e. The fourth-order valence-corrected chi connectivity index (χ4v) is 1.39. The number of hydrogen-bond acceptors (Lipinski definition) is 3. The molecule has 1 aromatic carbocycles. The lowest BCUT2D eigenvalue weighted by Crippen LogP contribution is -2.16. The monoisotopic (exact) mass is 214 g/mol. The highest BCUT2D eigenvalue weighted by atomic mass is 35.5. The molecule has 14 heavy (non-hydrogen) atoms. The maximum Gasteiger partial charge on any atom is 0.203 e. The van der Waals surface area contributed by atoms with Crippen LogP contribution < -0.4 is 14.2 Å². The van der Waals surface area contributed by atoms with Crippen LogP contribution in [0.5, 0.6) is 17.2 Å². The van der Waals surface area contributed by atoms with Gasteiger partial charge in [-0.05, 0) is 12.1 Å². The van der Waals surface area contributed by atoms with E-state index in [9.17, 15) is 0 Å². The van der Waals surface area contributed by atoms with E-state index in [2.05, 4.69) is 0 Å². The highest BCUT2D eigenvalue weighted by Gasteiger charge is 2.16. The van der Waals surface area contributed by atoms with Crippen LogP contribution in [0, 0.1) is 0 Å². The van der Waals surface area contributed by atoms with E-state index in [0.717, 1.165) is 5.75 Å². The first-order valence-electron chi connectivity index (χ1n) is 4.49. The molecule has 4 heteroatoms. The topological polar surface area (TPSA) is 27.7 Å². The minimum absolute atomic E-state index is 0.463. The Bertz CT molecular complexity index is 314. The number of fused-ring (bicyclic) bond motifs is 1. The first kappa shape index (κ1) is 9.46. The molecule has 3 nitrogen and oxygen atoms in total. The Kier molecular flexibility index (Phi) is 2.99. The standard InChI is InChI=1S/C10H11ClO3/c11-4-5-12-8-2-1-3-9-10(8)14-7-6-13-9/h1-3H,4-7H2. The normalized spacial score (nSPS) is 13.8. The van der Waals surface area contributed by atoms with E-state index >= 15 is 0 Å². The Balaban J connectivity index is 2.21. The van der Waals surface area contributed by atoms with Crippen molar-refractivity contribution in [2.75, 3.05) is 25.7 Å². The maximum atomic E-state index is 5.54. The third kappa shape index (κ3) is 1.87. The van der Waals surface area contributed by atoms with Crippen molar-refractivity contribution in [1.29, 1.82) is 0 Å². The number of ether oxygens (including phenoxy) is 3. The summed E-state index contributed by atoms with van der Waals surface area (Å²) in [4.78, 5) is 0. The van der Waals surface area contributed by atoms with Gasteiger partial charge in [-0.3, -0.25) is 0 Å². The van der Waals surface area contributed by atoms with Gasteiger partial charge in [-0.15, -0.1) is 11.6 Å². The van der Waals surface area contributed by atoms with Crippen LogP contribution >= 0.6 is 11.6 Å². The van der Waals surface area contributed by atoms with Gasteiger partial charge in [0.1, 0.15) is 19.8 Å². The molecule has 2 rings (SSSR count). The minimum atomic E-state index is 0.463. The van der Waals surface area contributed by atoms with Gasteiger partial charge in [-0.2, -0.15) is 0 Å². The number of para-hydroxylation sites is 1. The number of alkyl halides is 1. The lowest BCUT2D eigenvalue weighted by atomic mass is 10.3. The van der Waals surface area contributed by atoms with Crippen LogP contribution in [0.15, 0.2) is 18.2 Å². The summed E-state index contributed by atoms with van der Waals surface area (Å²) >= 11 is 5.54. The van der Waals surface area contributed by atoms with Gasteiger partial charge in [0.05, 0.1) is 5.88 Å². The predicted octanol–water partition coefficient (Wildman–Crippen LogP) is 2.08. The number of rotatable bonds is 3. The van der Waals surface area contributed by atoms with Crippen molar-refractivity contribution in [3.8, 4) is 17.2 Å². The first-order chi connectivity index (χ1) is 6.92. The van der Waals surface area contributed by atoms with Crippen molar-refractivity contribution in [2.24, 2.45) is 0 Å². The van der Waals surface area contributed by atoms with Gasteiger partial charge in [0.25, 0.3) is 0 Å². The Hall–Kier alpha value is -1.09. The molecule has 0 unspecified atom stereocenters. The summed E-state index contributed by atoms with van der Waals surface area (Å²) in [7, 11) is 0. The molecule has 0 aromatic heterocycles. The average Bonchev–Trinajstić information content (AvgIpc) is 2.26. The second-order valence-corrected chi connectivity index (χ2v) is 3.20. The molecule has 0 atom stereocenters. The fraction of sp³-hybridized carbons (Fsp3) is 0.400. The molecule has 1 aliphatic rings. The smallest absolute Gasteiger partial charge is 0.203 e. The van der Waals surface area contributed by atoms with E-state index in [1.165, 1.54) is 0 Å². The zero-order chi connectivity index (χ0) is 9.80. The van der Waals surface area contributed by atoms with Crippen molar-refractivity contribution < 1.29 is 14.2 Å². The fourth-order valence-electron chi connectivity index (χ4n) is 1.31. The molecule has 0 spiro atoms. The second-order valence-electron chi connectivity index (χ2n) is 2.82. The molecule has 0 bridgehead atoms. The summed E-state index contributed by atoms with van der Waals surface area (Å²) < 4.78 is 16.3. The van der Waals surface area contributed by atoms with Gasteiger partial charge in [-0.25, -0.2) is 0 Å². The summed E-state index contributed by atoms with van der Waals surface area (Å²) in [6.45, 7) is 1.63. The molecule has 76 valence electrons. The molecular formula is C10H11ClO3. The summed E-state index contributed by atoms with van der Waals surface area (Å²) in [5.74, 6) is 2.58. The summed E-state index contributed by atoms with van der Waals surface area (Å²) in [6.07, 6.45) is 0. The molecule has 1 heterocycles. The number of hydrogen-bond donors (Lipinski definition) is 0. The molecule has 1 aromatic rings. The first-order valence-corrected chi connectivity index (χ1v) is 5.02. The lowest BCUT2D eigenvalue weighted by Gasteiger charge is -2.20. The van der Waals surface area contributed by atoms with E-state index in [0.29, 0.717) is 37.2 Å². The van der Waals surface area contributed by atoms with E-state index in [1.807, 2.05) is 18.2 Å². The van der Waals surface area contributed by atoms with Crippen molar-refractivity contribution in [3.63, 3.8) is 0 Å². The molecule has 0 radical (unpaired) electrons. The number of halogens is 1. The second kappa shape index (κ2) is 4.42. The van der Waals surface area contributed by atoms with Crippen LogP contribution in [-0.2, 0) is 0 Å². The van der Waals surface area contributed by atoms with Crippen LogP contribution in [-0.4, -0.2) is 25.7 Å². The summed E-state index contributed by atoms with van der Waals surface area (Å²) in [6, 6.07) is 5.58. The van der Waals surface area contributed by atoms with E-state index in [4.69, 9.17) is 25.8 Å². The maximum absolute atomic E-state index is 5.54. The molecule has 0 fully saturated rings. The summed E-state index contributed by atoms with van der Waals surface area (Å²) in [5, 5.41) is 0. The zero-order valence-corrected chi connectivity index (χ0v) is 8.42. The van der Waals surface area contributed by atoms with Crippen LogP contribution in [0.4, 0.5) is 0 Å². The van der Waals surface area contributed by atoms with Crippen LogP contribution in [0.25, 0.3) is 0 Å². The van der Waals surface area contributed by atoms with Crippen LogP contribution in [0.3, 0.4) is 0 Å². The highest BCUT2D eigenvalue weighted by molar-refractivity contribution is 6.18. The molecule has 0 amide bonds.